The Bertz CT molecular complexity index is 927. The highest BCUT2D eigenvalue weighted by molar-refractivity contribution is 5.96. The van der Waals surface area contributed by atoms with E-state index in [1.165, 1.54) is 6.92 Å². The lowest BCUT2D eigenvalue weighted by molar-refractivity contribution is -0.123. The van der Waals surface area contributed by atoms with Crippen LogP contribution >= 0.6 is 0 Å². The molecule has 0 fully saturated rings. The Morgan fingerprint density at radius 2 is 1.92 bits per heavy atom. The molecule has 3 rings (SSSR count). The summed E-state index contributed by atoms with van der Waals surface area (Å²) < 4.78 is 11.8. The van der Waals surface area contributed by atoms with Gasteiger partial charge in [0.1, 0.15) is 5.76 Å². The first-order valence-electron chi connectivity index (χ1n) is 8.00. The highest BCUT2D eigenvalue weighted by Crippen LogP contribution is 2.13. The molecule has 1 aromatic carbocycles. The molecule has 0 aliphatic carbocycles. The zero-order chi connectivity index (χ0) is 18.7. The molecule has 0 aliphatic heterocycles. The summed E-state index contributed by atoms with van der Waals surface area (Å²) in [5, 5.41) is 10.4. The highest BCUT2D eigenvalue weighted by Gasteiger charge is 2.20. The van der Waals surface area contributed by atoms with E-state index in [0.717, 1.165) is 11.4 Å². The number of benzene rings is 1. The van der Waals surface area contributed by atoms with Crippen LogP contribution in [0, 0.1) is 13.8 Å². The average molecular weight is 354 g/mol. The number of aromatic nitrogens is 3. The van der Waals surface area contributed by atoms with Crippen LogP contribution in [-0.4, -0.2) is 32.9 Å². The molecule has 2 heterocycles. The van der Waals surface area contributed by atoms with Crippen molar-refractivity contribution in [2.45, 2.75) is 26.9 Å². The van der Waals surface area contributed by atoms with Crippen molar-refractivity contribution in [3.8, 4) is 5.69 Å². The van der Waals surface area contributed by atoms with Crippen LogP contribution in [0.2, 0.25) is 0 Å². The van der Waals surface area contributed by atoms with Crippen LogP contribution in [0.5, 0.6) is 0 Å². The topological polar surface area (TPSA) is 99.2 Å². The van der Waals surface area contributed by atoms with Crippen molar-refractivity contribution in [2.24, 2.45) is 0 Å². The number of hydrogen-bond acceptors (Lipinski definition) is 6. The standard InChI is InChI=1S/C18H18N4O4/c1-11-8-9-19-22(11)15-6-4-14(5-7-15)18(24)25-13(3)17(23)20-16-10-12(2)26-21-16/h4-10,13H,1-3H3,(H,20,21,23)/t13-/m1/s1. The maximum absolute atomic E-state index is 12.2. The van der Waals surface area contributed by atoms with Crippen molar-refractivity contribution >= 4 is 17.7 Å². The first kappa shape index (κ1) is 17.4. The molecule has 0 bridgehead atoms. The van der Waals surface area contributed by atoms with Gasteiger partial charge in [-0.3, -0.25) is 4.79 Å². The largest absolute Gasteiger partial charge is 0.449 e. The summed E-state index contributed by atoms with van der Waals surface area (Å²) in [7, 11) is 0. The third-order valence-corrected chi connectivity index (χ3v) is 3.71. The maximum atomic E-state index is 12.2. The molecule has 0 unspecified atom stereocenters. The summed E-state index contributed by atoms with van der Waals surface area (Å²) in [6.07, 6.45) is 0.723. The number of nitrogens with one attached hydrogen (secondary N) is 1. The quantitative estimate of drug-likeness (QED) is 0.707. The minimum Gasteiger partial charge on any atom is -0.449 e. The molecule has 0 saturated heterocycles. The molecule has 1 N–H and O–H groups in total. The lowest BCUT2D eigenvalue weighted by Crippen LogP contribution is -2.30. The molecule has 0 saturated carbocycles. The average Bonchev–Trinajstić information content (AvgIpc) is 3.23. The van der Waals surface area contributed by atoms with E-state index < -0.39 is 18.0 Å². The zero-order valence-electron chi connectivity index (χ0n) is 14.6. The van der Waals surface area contributed by atoms with Gasteiger partial charge in [-0.25, -0.2) is 9.48 Å². The SMILES string of the molecule is Cc1cc(NC(=O)[C@@H](C)OC(=O)c2ccc(-n3nccc3C)cc2)no1. The number of nitrogens with zero attached hydrogens (tertiary/aromatic N) is 3. The molecule has 134 valence electrons. The fraction of sp³-hybridized carbons (Fsp3) is 0.222. The van der Waals surface area contributed by atoms with Gasteiger partial charge in [0, 0.05) is 18.0 Å². The Kier molecular flexibility index (Phi) is 4.83. The summed E-state index contributed by atoms with van der Waals surface area (Å²) in [5.74, 6) is -0.241. The van der Waals surface area contributed by atoms with Crippen LogP contribution in [0.4, 0.5) is 5.82 Å². The van der Waals surface area contributed by atoms with Crippen molar-refractivity contribution in [1.29, 1.82) is 0 Å². The molecule has 26 heavy (non-hydrogen) atoms. The number of esters is 1. The van der Waals surface area contributed by atoms with E-state index in [1.54, 1.807) is 48.1 Å². The van der Waals surface area contributed by atoms with E-state index in [-0.39, 0.29) is 5.82 Å². The van der Waals surface area contributed by atoms with E-state index in [9.17, 15) is 9.59 Å². The van der Waals surface area contributed by atoms with Gasteiger partial charge in [-0.15, -0.1) is 0 Å². The van der Waals surface area contributed by atoms with Gasteiger partial charge in [-0.1, -0.05) is 5.16 Å². The second kappa shape index (κ2) is 7.22. The fourth-order valence-electron chi connectivity index (χ4n) is 2.31. The van der Waals surface area contributed by atoms with Gasteiger partial charge in [0.2, 0.25) is 0 Å². The lowest BCUT2D eigenvalue weighted by atomic mass is 10.2. The Labute approximate surface area is 149 Å². The Hall–Kier alpha value is -3.42. The van der Waals surface area contributed by atoms with Crippen LogP contribution in [0.25, 0.3) is 5.69 Å². The first-order chi connectivity index (χ1) is 12.4. The summed E-state index contributed by atoms with van der Waals surface area (Å²) in [6, 6.07) is 10.2. The van der Waals surface area contributed by atoms with Gasteiger partial charge in [-0.2, -0.15) is 5.10 Å². The molecule has 0 aliphatic rings. The number of ether oxygens (including phenoxy) is 1. The monoisotopic (exact) mass is 354 g/mol. The Balaban J connectivity index is 1.62. The number of rotatable bonds is 5. The second-order valence-corrected chi connectivity index (χ2v) is 5.79. The van der Waals surface area contributed by atoms with Crippen molar-refractivity contribution in [1.82, 2.24) is 14.9 Å². The van der Waals surface area contributed by atoms with Gasteiger partial charge >= 0.3 is 5.97 Å². The predicted octanol–water partition coefficient (Wildman–Crippen LogP) is 2.66. The minimum atomic E-state index is -0.979. The van der Waals surface area contributed by atoms with Crippen molar-refractivity contribution < 1.29 is 18.8 Å². The summed E-state index contributed by atoms with van der Waals surface area (Å²) in [5.41, 5.74) is 2.15. The number of amides is 1. The molecule has 1 amide bonds. The smallest absolute Gasteiger partial charge is 0.338 e. The summed E-state index contributed by atoms with van der Waals surface area (Å²) in [6.45, 7) is 5.13. The van der Waals surface area contributed by atoms with Crippen LogP contribution < -0.4 is 5.32 Å². The van der Waals surface area contributed by atoms with Gasteiger partial charge in [-0.05, 0) is 51.1 Å². The second-order valence-electron chi connectivity index (χ2n) is 5.79. The fourth-order valence-corrected chi connectivity index (χ4v) is 2.31. The van der Waals surface area contributed by atoms with Gasteiger partial charge in [0.15, 0.2) is 11.9 Å². The molecular weight excluding hydrogens is 336 g/mol. The highest BCUT2D eigenvalue weighted by atomic mass is 16.5. The number of carbonyl (C=O) groups is 2. The molecule has 0 spiro atoms. The van der Waals surface area contributed by atoms with E-state index in [1.807, 2.05) is 13.0 Å². The van der Waals surface area contributed by atoms with Crippen molar-refractivity contribution in [3.63, 3.8) is 0 Å². The predicted molar refractivity (Wildman–Crippen MR) is 93.0 cm³/mol. The van der Waals surface area contributed by atoms with Crippen molar-refractivity contribution in [3.05, 3.63) is 59.6 Å². The van der Waals surface area contributed by atoms with E-state index in [0.29, 0.717) is 11.3 Å². The normalized spacial score (nSPS) is 11.8. The van der Waals surface area contributed by atoms with Gasteiger partial charge in [0.25, 0.3) is 5.91 Å². The Morgan fingerprint density at radius 3 is 2.50 bits per heavy atom. The molecule has 0 radical (unpaired) electrons. The molecule has 8 heteroatoms. The molecular formula is C18H18N4O4. The Morgan fingerprint density at radius 1 is 1.19 bits per heavy atom. The van der Waals surface area contributed by atoms with Gasteiger partial charge in [0.05, 0.1) is 11.3 Å². The molecule has 2 aromatic heterocycles. The van der Waals surface area contributed by atoms with Gasteiger partial charge < -0.3 is 14.6 Å². The maximum Gasteiger partial charge on any atom is 0.338 e. The van der Waals surface area contributed by atoms with E-state index in [4.69, 9.17) is 9.26 Å². The third kappa shape index (κ3) is 3.80. The summed E-state index contributed by atoms with van der Waals surface area (Å²) in [4.78, 5) is 24.3. The molecule has 3 aromatic rings. The number of carbonyl (C=O) groups excluding carboxylic acids is 2. The van der Waals surface area contributed by atoms with Crippen LogP contribution in [-0.2, 0) is 9.53 Å². The van der Waals surface area contributed by atoms with Crippen LogP contribution in [0.1, 0.15) is 28.7 Å². The van der Waals surface area contributed by atoms with Crippen LogP contribution in [0.15, 0.2) is 47.1 Å². The van der Waals surface area contributed by atoms with Crippen LogP contribution in [0.3, 0.4) is 0 Å². The van der Waals surface area contributed by atoms with E-state index >= 15 is 0 Å². The number of anilines is 1. The summed E-state index contributed by atoms with van der Waals surface area (Å²) >= 11 is 0. The first-order valence-corrected chi connectivity index (χ1v) is 8.00. The third-order valence-electron chi connectivity index (χ3n) is 3.71. The van der Waals surface area contributed by atoms with Crippen molar-refractivity contribution in [2.75, 3.05) is 5.32 Å². The molecule has 8 nitrogen and oxygen atoms in total. The zero-order valence-corrected chi connectivity index (χ0v) is 14.6. The minimum absolute atomic E-state index is 0.273. The molecule has 1 atom stereocenters. The van der Waals surface area contributed by atoms with E-state index in [2.05, 4.69) is 15.6 Å². The number of hydrogen-bond donors (Lipinski definition) is 1. The lowest BCUT2D eigenvalue weighted by Gasteiger charge is -2.12. The number of aryl methyl sites for hydroxylation is 2.